The predicted octanol–water partition coefficient (Wildman–Crippen LogP) is 3.54. The second-order valence-electron chi connectivity index (χ2n) is 9.67. The number of ketones is 1. The van der Waals surface area contributed by atoms with Crippen molar-refractivity contribution in [2.24, 2.45) is 34.5 Å². The smallest absolute Gasteiger partial charge is 0.226 e. The number of allylic oxidation sites excluding steroid dienone is 2. The number of likely N-dealkylation sites (tertiary alicyclic amines) is 1. The lowest BCUT2D eigenvalue weighted by molar-refractivity contribution is -0.139. The number of Topliss-reactive ketones (excluding diaryl/α,β-unsaturated/α-hetero) is 1. The average Bonchev–Trinajstić information content (AvgIpc) is 2.95. The predicted molar refractivity (Wildman–Crippen MR) is 100 cm³/mol. The van der Waals surface area contributed by atoms with E-state index in [9.17, 15) is 14.7 Å². The largest absolute Gasteiger partial charge is 0.395 e. The zero-order chi connectivity index (χ0) is 18.7. The van der Waals surface area contributed by atoms with Crippen molar-refractivity contribution in [3.63, 3.8) is 0 Å². The van der Waals surface area contributed by atoms with E-state index in [0.29, 0.717) is 36.5 Å². The summed E-state index contributed by atoms with van der Waals surface area (Å²) in [6.07, 6.45) is 9.39. The third-order valence-electron chi connectivity index (χ3n) is 8.69. The monoisotopic (exact) mass is 359 g/mol. The van der Waals surface area contributed by atoms with E-state index >= 15 is 0 Å². The van der Waals surface area contributed by atoms with Crippen molar-refractivity contribution in [1.29, 1.82) is 0 Å². The second kappa shape index (κ2) is 6.19. The third kappa shape index (κ3) is 2.37. The molecule has 3 fully saturated rings. The van der Waals surface area contributed by atoms with Crippen LogP contribution in [0.15, 0.2) is 11.8 Å². The Morgan fingerprint density at radius 1 is 1.23 bits per heavy atom. The van der Waals surface area contributed by atoms with E-state index in [1.165, 1.54) is 12.1 Å². The van der Waals surface area contributed by atoms with Crippen molar-refractivity contribution in [1.82, 2.24) is 4.90 Å². The van der Waals surface area contributed by atoms with Gasteiger partial charge in [0.1, 0.15) is 5.78 Å². The van der Waals surface area contributed by atoms with E-state index in [2.05, 4.69) is 19.9 Å². The topological polar surface area (TPSA) is 57.6 Å². The summed E-state index contributed by atoms with van der Waals surface area (Å²) in [4.78, 5) is 26.5. The Bertz CT molecular complexity index is 656. The van der Waals surface area contributed by atoms with Crippen LogP contribution >= 0.6 is 0 Å². The van der Waals surface area contributed by atoms with E-state index < -0.39 is 0 Å². The lowest BCUT2D eigenvalue weighted by Gasteiger charge is -2.58. The first-order valence-corrected chi connectivity index (χ1v) is 10.4. The number of rotatable bonds is 3. The van der Waals surface area contributed by atoms with Crippen LogP contribution in [0.4, 0.5) is 0 Å². The molecule has 6 atom stereocenters. The molecule has 2 saturated carbocycles. The maximum atomic E-state index is 12.4. The minimum absolute atomic E-state index is 0.0221. The molecule has 144 valence electrons. The third-order valence-corrected chi connectivity index (χ3v) is 8.69. The summed E-state index contributed by atoms with van der Waals surface area (Å²) >= 11 is 0. The Labute approximate surface area is 157 Å². The van der Waals surface area contributed by atoms with Gasteiger partial charge in [0, 0.05) is 30.0 Å². The van der Waals surface area contributed by atoms with Gasteiger partial charge in [-0.25, -0.2) is 0 Å². The number of fused-ring (bicyclic) bond motifs is 5. The van der Waals surface area contributed by atoms with Gasteiger partial charge in [-0.3, -0.25) is 9.59 Å². The summed E-state index contributed by atoms with van der Waals surface area (Å²) in [7, 11) is 0. The van der Waals surface area contributed by atoms with Gasteiger partial charge in [0.05, 0.1) is 6.61 Å². The standard InChI is InChI=1S/C22H33NO3/c1-14(25)16-5-6-17-15-4-7-19-22(3,18(15)8-10-21(16,17)2)11-9-20(26)23(19)12-13-24/h7,15-18,24H,4-6,8-13H2,1-3H3/t15-,16+,17+,18-,21-,22-/m1/s1. The summed E-state index contributed by atoms with van der Waals surface area (Å²) in [5.41, 5.74) is 1.39. The molecule has 4 heteroatoms. The molecule has 0 aromatic rings. The van der Waals surface area contributed by atoms with Crippen molar-refractivity contribution >= 4 is 11.7 Å². The summed E-state index contributed by atoms with van der Waals surface area (Å²) in [5, 5.41) is 9.43. The molecule has 4 aliphatic rings. The number of hydrogen-bond donors (Lipinski definition) is 1. The van der Waals surface area contributed by atoms with Crippen LogP contribution in [0.2, 0.25) is 0 Å². The van der Waals surface area contributed by atoms with Crippen LogP contribution < -0.4 is 0 Å². The van der Waals surface area contributed by atoms with Crippen molar-refractivity contribution in [3.8, 4) is 0 Å². The minimum Gasteiger partial charge on any atom is -0.395 e. The first-order chi connectivity index (χ1) is 12.3. The maximum Gasteiger partial charge on any atom is 0.226 e. The SMILES string of the molecule is CC(=O)[C@@H]1CC[C@H]2[C@H]3CC=C4N(CCO)C(=O)CC[C@]4(C)[C@@H]3CC[C@]12C. The van der Waals surface area contributed by atoms with Crippen LogP contribution in [0.1, 0.15) is 65.7 Å². The molecule has 1 amide bonds. The van der Waals surface area contributed by atoms with Gasteiger partial charge in [0.25, 0.3) is 0 Å². The Morgan fingerprint density at radius 2 is 2.00 bits per heavy atom. The number of carbonyl (C=O) groups excluding carboxylic acids is 2. The first-order valence-electron chi connectivity index (χ1n) is 10.4. The molecule has 0 unspecified atom stereocenters. The molecule has 1 aliphatic heterocycles. The van der Waals surface area contributed by atoms with E-state index in [1.54, 1.807) is 6.92 Å². The van der Waals surface area contributed by atoms with Gasteiger partial charge in [0.15, 0.2) is 0 Å². The van der Waals surface area contributed by atoms with Gasteiger partial charge in [-0.2, -0.15) is 0 Å². The Morgan fingerprint density at radius 3 is 2.69 bits per heavy atom. The first kappa shape index (κ1) is 18.2. The molecule has 1 heterocycles. The molecule has 0 bridgehead atoms. The van der Waals surface area contributed by atoms with Crippen molar-refractivity contribution in [3.05, 3.63) is 11.8 Å². The number of amides is 1. The fourth-order valence-corrected chi connectivity index (χ4v) is 7.46. The number of aliphatic hydroxyl groups excluding tert-OH is 1. The lowest BCUT2D eigenvalue weighted by Crippen LogP contribution is -2.54. The molecular weight excluding hydrogens is 326 g/mol. The van der Waals surface area contributed by atoms with Gasteiger partial charge in [-0.05, 0) is 68.6 Å². The molecule has 0 radical (unpaired) electrons. The molecular formula is C22H33NO3. The van der Waals surface area contributed by atoms with E-state index in [4.69, 9.17) is 0 Å². The Kier molecular flexibility index (Phi) is 4.33. The van der Waals surface area contributed by atoms with Crippen molar-refractivity contribution in [2.45, 2.75) is 65.7 Å². The minimum atomic E-state index is 0.0221. The lowest BCUT2D eigenvalue weighted by atomic mass is 9.49. The highest BCUT2D eigenvalue weighted by atomic mass is 16.3. The Hall–Kier alpha value is -1.16. The highest BCUT2D eigenvalue weighted by Crippen LogP contribution is 2.66. The van der Waals surface area contributed by atoms with Crippen molar-refractivity contribution in [2.75, 3.05) is 13.2 Å². The molecule has 0 spiro atoms. The van der Waals surface area contributed by atoms with Gasteiger partial charge >= 0.3 is 0 Å². The highest BCUT2D eigenvalue weighted by molar-refractivity contribution is 5.80. The number of hydrogen-bond acceptors (Lipinski definition) is 3. The molecule has 4 nitrogen and oxygen atoms in total. The summed E-state index contributed by atoms with van der Waals surface area (Å²) < 4.78 is 0. The van der Waals surface area contributed by atoms with Crippen LogP contribution in [-0.4, -0.2) is 34.8 Å². The highest BCUT2D eigenvalue weighted by Gasteiger charge is 2.60. The maximum absolute atomic E-state index is 12.4. The average molecular weight is 360 g/mol. The number of aliphatic hydroxyl groups is 1. The molecule has 26 heavy (non-hydrogen) atoms. The van der Waals surface area contributed by atoms with Crippen LogP contribution in [0, 0.1) is 34.5 Å². The van der Waals surface area contributed by atoms with Gasteiger partial charge in [-0.15, -0.1) is 0 Å². The van der Waals surface area contributed by atoms with E-state index in [-0.39, 0.29) is 29.3 Å². The van der Waals surface area contributed by atoms with E-state index in [0.717, 1.165) is 32.1 Å². The van der Waals surface area contributed by atoms with Crippen LogP contribution in [0.3, 0.4) is 0 Å². The Balaban J connectivity index is 1.68. The van der Waals surface area contributed by atoms with Crippen LogP contribution in [-0.2, 0) is 9.59 Å². The second-order valence-corrected chi connectivity index (χ2v) is 9.67. The van der Waals surface area contributed by atoms with Crippen LogP contribution in [0.25, 0.3) is 0 Å². The fourth-order valence-electron chi connectivity index (χ4n) is 7.46. The van der Waals surface area contributed by atoms with Crippen LogP contribution in [0.5, 0.6) is 0 Å². The number of nitrogens with zero attached hydrogens (tertiary/aromatic N) is 1. The van der Waals surface area contributed by atoms with Gasteiger partial charge < -0.3 is 10.0 Å². The van der Waals surface area contributed by atoms with Crippen molar-refractivity contribution < 1.29 is 14.7 Å². The number of piperidine rings is 1. The quantitative estimate of drug-likeness (QED) is 0.838. The molecule has 1 N–H and O–H groups in total. The molecule has 4 rings (SSSR count). The number of β-amino-alcohol motifs (C(OH)–C–C–N with tert-alkyl or cyclic N) is 1. The number of carbonyl (C=O) groups is 2. The molecule has 1 saturated heterocycles. The summed E-state index contributed by atoms with van der Waals surface area (Å²) in [5.74, 6) is 2.65. The molecule has 0 aromatic heterocycles. The zero-order valence-electron chi connectivity index (χ0n) is 16.5. The molecule has 0 aromatic carbocycles. The normalized spacial score (nSPS) is 44.8. The van der Waals surface area contributed by atoms with E-state index in [1.807, 2.05) is 4.90 Å². The van der Waals surface area contributed by atoms with Gasteiger partial charge in [0.2, 0.25) is 5.91 Å². The van der Waals surface area contributed by atoms with Gasteiger partial charge in [-0.1, -0.05) is 19.9 Å². The summed E-state index contributed by atoms with van der Waals surface area (Å²) in [6, 6.07) is 0. The molecule has 3 aliphatic carbocycles. The fraction of sp³-hybridized carbons (Fsp3) is 0.818. The summed E-state index contributed by atoms with van der Waals surface area (Å²) in [6.45, 7) is 6.95. The zero-order valence-corrected chi connectivity index (χ0v) is 16.5.